The summed E-state index contributed by atoms with van der Waals surface area (Å²) < 4.78 is 0. The number of benzene rings is 1. The number of amides is 1. The van der Waals surface area contributed by atoms with Crippen LogP contribution >= 0.6 is 11.3 Å². The van der Waals surface area contributed by atoms with Crippen LogP contribution < -0.4 is 16.0 Å². The van der Waals surface area contributed by atoms with Gasteiger partial charge in [0.15, 0.2) is 5.96 Å². The third-order valence-corrected chi connectivity index (χ3v) is 5.86. The normalized spacial score (nSPS) is 16.0. The van der Waals surface area contributed by atoms with Crippen LogP contribution in [0.25, 0.3) is 0 Å². The van der Waals surface area contributed by atoms with Crippen LogP contribution in [0.3, 0.4) is 0 Å². The van der Waals surface area contributed by atoms with Gasteiger partial charge in [-0.25, -0.2) is 0 Å². The Morgan fingerprint density at radius 1 is 1.11 bits per heavy atom. The quantitative estimate of drug-likeness (QED) is 0.471. The minimum Gasteiger partial charge on any atom is -0.354 e. The first kappa shape index (κ1) is 20.4. The molecule has 1 aromatic carbocycles. The largest absolute Gasteiger partial charge is 0.354 e. The maximum Gasteiger partial charge on any atom is 0.239 e. The maximum absolute atomic E-state index is 12.1. The van der Waals surface area contributed by atoms with E-state index in [4.69, 9.17) is 0 Å². The molecular formula is C21H29N5OS. The molecule has 1 atom stereocenters. The summed E-state index contributed by atoms with van der Waals surface area (Å²) in [6.45, 7) is 3.77. The number of likely N-dealkylation sites (tertiary alicyclic amines) is 1. The Kier molecular flexibility index (Phi) is 7.87. The highest BCUT2D eigenvalue weighted by atomic mass is 32.1. The molecule has 0 radical (unpaired) electrons. The number of nitrogens with zero attached hydrogens (tertiary/aromatic N) is 2. The Morgan fingerprint density at radius 3 is 2.57 bits per heavy atom. The number of guanidine groups is 1. The fraction of sp³-hybridized carbons (Fsp3) is 0.429. The van der Waals surface area contributed by atoms with Crippen LogP contribution in [0.5, 0.6) is 0 Å². The molecule has 6 nitrogen and oxygen atoms in total. The molecule has 3 rings (SSSR count). The highest BCUT2D eigenvalue weighted by Gasteiger charge is 2.24. The summed E-state index contributed by atoms with van der Waals surface area (Å²) >= 11 is 1.79. The zero-order valence-electron chi connectivity index (χ0n) is 16.4. The van der Waals surface area contributed by atoms with E-state index in [1.54, 1.807) is 18.4 Å². The summed E-state index contributed by atoms with van der Waals surface area (Å²) in [7, 11) is 1.73. The average Bonchev–Trinajstić information content (AvgIpc) is 3.44. The minimum absolute atomic E-state index is 0.0545. The van der Waals surface area contributed by atoms with Crippen molar-refractivity contribution in [3.63, 3.8) is 0 Å². The number of carbonyl (C=O) groups excluding carboxylic acids is 1. The van der Waals surface area contributed by atoms with Crippen molar-refractivity contribution in [1.82, 2.24) is 20.9 Å². The molecule has 2 heterocycles. The lowest BCUT2D eigenvalue weighted by atomic mass is 10.2. The van der Waals surface area contributed by atoms with Crippen LogP contribution in [-0.2, 0) is 11.3 Å². The molecule has 0 bridgehead atoms. The van der Waals surface area contributed by atoms with E-state index < -0.39 is 0 Å². The van der Waals surface area contributed by atoms with Crippen molar-refractivity contribution in [2.75, 3.05) is 33.2 Å². The lowest BCUT2D eigenvalue weighted by molar-refractivity contribution is -0.120. The number of carbonyl (C=O) groups is 1. The lowest BCUT2D eigenvalue weighted by Gasteiger charge is -2.27. The number of nitrogens with one attached hydrogen (secondary N) is 3. The fourth-order valence-electron chi connectivity index (χ4n) is 3.38. The molecular weight excluding hydrogens is 370 g/mol. The van der Waals surface area contributed by atoms with E-state index in [9.17, 15) is 4.79 Å². The van der Waals surface area contributed by atoms with Gasteiger partial charge in [-0.05, 0) is 42.9 Å². The van der Waals surface area contributed by atoms with Crippen molar-refractivity contribution in [1.29, 1.82) is 0 Å². The van der Waals surface area contributed by atoms with E-state index in [0.717, 1.165) is 25.2 Å². The Balaban J connectivity index is 1.45. The minimum atomic E-state index is -0.0545. The van der Waals surface area contributed by atoms with E-state index in [1.807, 2.05) is 30.3 Å². The first-order valence-corrected chi connectivity index (χ1v) is 10.7. The smallest absolute Gasteiger partial charge is 0.239 e. The lowest BCUT2D eigenvalue weighted by Crippen LogP contribution is -2.45. The van der Waals surface area contributed by atoms with E-state index in [1.165, 1.54) is 17.7 Å². The van der Waals surface area contributed by atoms with Gasteiger partial charge in [0, 0.05) is 25.0 Å². The van der Waals surface area contributed by atoms with Crippen molar-refractivity contribution < 1.29 is 4.79 Å². The molecule has 1 saturated heterocycles. The molecule has 3 N–H and O–H groups in total. The van der Waals surface area contributed by atoms with Crippen LogP contribution in [0.2, 0.25) is 0 Å². The van der Waals surface area contributed by atoms with Gasteiger partial charge in [-0.3, -0.25) is 14.7 Å². The molecule has 1 aromatic heterocycles. The number of thiophene rings is 1. The molecule has 28 heavy (non-hydrogen) atoms. The molecule has 150 valence electrons. The SMILES string of the molecule is CN=C(NCC(=O)NCc1ccccc1)NCC(c1cccs1)N1CCCC1. The van der Waals surface area contributed by atoms with Gasteiger partial charge in [0.25, 0.3) is 0 Å². The molecule has 1 aliphatic heterocycles. The van der Waals surface area contributed by atoms with Crippen molar-refractivity contribution >= 4 is 23.2 Å². The van der Waals surface area contributed by atoms with Crippen LogP contribution in [0.15, 0.2) is 52.8 Å². The van der Waals surface area contributed by atoms with Gasteiger partial charge in [-0.15, -0.1) is 11.3 Å². The molecule has 7 heteroatoms. The number of hydrogen-bond acceptors (Lipinski definition) is 4. The van der Waals surface area contributed by atoms with Gasteiger partial charge in [-0.2, -0.15) is 0 Å². The van der Waals surface area contributed by atoms with Gasteiger partial charge < -0.3 is 16.0 Å². The third-order valence-electron chi connectivity index (χ3n) is 4.89. The molecule has 0 spiro atoms. The second-order valence-corrected chi connectivity index (χ2v) is 7.82. The summed E-state index contributed by atoms with van der Waals surface area (Å²) in [4.78, 5) is 20.3. The molecule has 1 fully saturated rings. The summed E-state index contributed by atoms with van der Waals surface area (Å²) in [5, 5.41) is 11.5. The Bertz CT molecular complexity index is 741. The second-order valence-electron chi connectivity index (χ2n) is 6.84. The summed E-state index contributed by atoms with van der Waals surface area (Å²) in [6, 6.07) is 14.5. The van der Waals surface area contributed by atoms with E-state index in [-0.39, 0.29) is 12.5 Å². The predicted octanol–water partition coefficient (Wildman–Crippen LogP) is 2.37. The zero-order valence-corrected chi connectivity index (χ0v) is 17.2. The molecule has 1 amide bonds. The third kappa shape index (κ3) is 6.07. The molecule has 0 saturated carbocycles. The predicted molar refractivity (Wildman–Crippen MR) is 116 cm³/mol. The standard InChI is InChI=1S/C21H29N5OS/c1-22-21(25-16-20(27)23-14-17-8-3-2-4-9-17)24-15-18(19-10-7-13-28-19)26-11-5-6-12-26/h2-4,7-10,13,18H,5-6,11-12,14-16H2,1H3,(H,23,27)(H2,22,24,25). The van der Waals surface area contributed by atoms with Gasteiger partial charge in [0.2, 0.25) is 5.91 Å². The highest BCUT2D eigenvalue weighted by molar-refractivity contribution is 7.10. The Morgan fingerprint density at radius 2 is 1.89 bits per heavy atom. The zero-order chi connectivity index (χ0) is 19.6. The summed E-state index contributed by atoms with van der Waals surface area (Å²) in [5.74, 6) is 0.594. The molecule has 2 aromatic rings. The van der Waals surface area contributed by atoms with Crippen LogP contribution in [-0.4, -0.2) is 50.0 Å². The van der Waals surface area contributed by atoms with Crippen molar-refractivity contribution in [3.05, 3.63) is 58.3 Å². The first-order chi connectivity index (χ1) is 13.8. The van der Waals surface area contributed by atoms with Gasteiger partial charge in [0.1, 0.15) is 0 Å². The molecule has 1 unspecified atom stereocenters. The Labute approximate surface area is 171 Å². The number of aliphatic imine (C=N–C) groups is 1. The fourth-order valence-corrected chi connectivity index (χ4v) is 4.24. The second kappa shape index (κ2) is 10.8. The van der Waals surface area contributed by atoms with E-state index in [2.05, 4.69) is 43.4 Å². The van der Waals surface area contributed by atoms with Crippen molar-refractivity contribution in [2.45, 2.75) is 25.4 Å². The van der Waals surface area contributed by atoms with Crippen LogP contribution in [0.4, 0.5) is 0 Å². The first-order valence-electron chi connectivity index (χ1n) is 9.79. The van der Waals surface area contributed by atoms with Gasteiger partial charge >= 0.3 is 0 Å². The summed E-state index contributed by atoms with van der Waals surface area (Å²) in [5.41, 5.74) is 1.09. The van der Waals surface area contributed by atoms with Crippen molar-refractivity contribution in [3.8, 4) is 0 Å². The van der Waals surface area contributed by atoms with E-state index >= 15 is 0 Å². The number of rotatable bonds is 8. The van der Waals surface area contributed by atoms with E-state index in [0.29, 0.717) is 18.5 Å². The molecule has 0 aliphatic carbocycles. The topological polar surface area (TPSA) is 68.8 Å². The van der Waals surface area contributed by atoms with Gasteiger partial charge in [-0.1, -0.05) is 36.4 Å². The van der Waals surface area contributed by atoms with Crippen LogP contribution in [0, 0.1) is 0 Å². The maximum atomic E-state index is 12.1. The Hall–Kier alpha value is -2.38. The average molecular weight is 400 g/mol. The van der Waals surface area contributed by atoms with Crippen molar-refractivity contribution in [2.24, 2.45) is 4.99 Å². The number of hydrogen-bond donors (Lipinski definition) is 3. The summed E-state index contributed by atoms with van der Waals surface area (Å²) in [6.07, 6.45) is 2.52. The van der Waals surface area contributed by atoms with Gasteiger partial charge in [0.05, 0.1) is 12.6 Å². The van der Waals surface area contributed by atoms with Crippen LogP contribution in [0.1, 0.15) is 29.3 Å². The monoisotopic (exact) mass is 399 g/mol. The highest BCUT2D eigenvalue weighted by Crippen LogP contribution is 2.27. The molecule has 1 aliphatic rings.